The Morgan fingerprint density at radius 2 is 2.25 bits per heavy atom. The Balaban J connectivity index is 2.52. The molecular weight excluding hydrogens is 150 g/mol. The standard InChI is InChI=1S/C10H15NO/c1-8-4-3-5-10(6-8)12-7-9(2)11/h3-6,9H,7,11H2,1-2H3/t9-/m0/s1. The highest BCUT2D eigenvalue weighted by Gasteiger charge is 1.96. The zero-order valence-corrected chi connectivity index (χ0v) is 7.58. The predicted octanol–water partition coefficient (Wildman–Crippen LogP) is 1.72. The van der Waals surface area contributed by atoms with Crippen LogP contribution in [0.5, 0.6) is 5.75 Å². The van der Waals surface area contributed by atoms with E-state index in [9.17, 15) is 0 Å². The van der Waals surface area contributed by atoms with Gasteiger partial charge < -0.3 is 10.5 Å². The van der Waals surface area contributed by atoms with E-state index in [2.05, 4.69) is 0 Å². The second-order valence-corrected chi connectivity index (χ2v) is 3.10. The molecule has 2 N–H and O–H groups in total. The highest BCUT2D eigenvalue weighted by atomic mass is 16.5. The first-order valence-corrected chi connectivity index (χ1v) is 4.13. The lowest BCUT2D eigenvalue weighted by Crippen LogP contribution is -2.23. The lowest BCUT2D eigenvalue weighted by atomic mass is 10.2. The van der Waals surface area contributed by atoms with Crippen molar-refractivity contribution in [3.63, 3.8) is 0 Å². The molecule has 1 aromatic carbocycles. The second-order valence-electron chi connectivity index (χ2n) is 3.10. The van der Waals surface area contributed by atoms with E-state index in [0.29, 0.717) is 6.61 Å². The molecule has 0 aliphatic heterocycles. The molecule has 0 unspecified atom stereocenters. The zero-order chi connectivity index (χ0) is 8.97. The quantitative estimate of drug-likeness (QED) is 0.740. The highest BCUT2D eigenvalue weighted by molar-refractivity contribution is 5.27. The highest BCUT2D eigenvalue weighted by Crippen LogP contribution is 2.11. The average Bonchev–Trinajstić information content (AvgIpc) is 2.01. The van der Waals surface area contributed by atoms with Crippen molar-refractivity contribution >= 4 is 0 Å². The molecule has 12 heavy (non-hydrogen) atoms. The van der Waals surface area contributed by atoms with E-state index in [1.807, 2.05) is 38.1 Å². The summed E-state index contributed by atoms with van der Waals surface area (Å²) >= 11 is 0. The van der Waals surface area contributed by atoms with Gasteiger partial charge in [0, 0.05) is 6.04 Å². The van der Waals surface area contributed by atoms with Crippen LogP contribution in [-0.4, -0.2) is 12.6 Å². The molecule has 0 aromatic heterocycles. The van der Waals surface area contributed by atoms with E-state index >= 15 is 0 Å². The molecule has 1 rings (SSSR count). The smallest absolute Gasteiger partial charge is 0.119 e. The van der Waals surface area contributed by atoms with Crippen molar-refractivity contribution in [3.05, 3.63) is 29.8 Å². The van der Waals surface area contributed by atoms with Gasteiger partial charge in [0.15, 0.2) is 0 Å². The summed E-state index contributed by atoms with van der Waals surface area (Å²) in [5.74, 6) is 0.896. The summed E-state index contributed by atoms with van der Waals surface area (Å²) in [6, 6.07) is 8.05. The molecule has 0 amide bonds. The SMILES string of the molecule is Cc1cccc(OC[C@H](C)N)c1. The molecule has 0 saturated carbocycles. The number of aryl methyl sites for hydroxylation is 1. The van der Waals surface area contributed by atoms with Crippen molar-refractivity contribution in [1.82, 2.24) is 0 Å². The van der Waals surface area contributed by atoms with Crippen LogP contribution in [0, 0.1) is 6.92 Å². The van der Waals surface area contributed by atoms with Gasteiger partial charge in [-0.3, -0.25) is 0 Å². The maximum absolute atomic E-state index is 5.55. The van der Waals surface area contributed by atoms with Crippen LogP contribution in [0.15, 0.2) is 24.3 Å². The fourth-order valence-electron chi connectivity index (χ4n) is 0.933. The lowest BCUT2D eigenvalue weighted by molar-refractivity contribution is 0.296. The molecule has 1 aromatic rings. The van der Waals surface area contributed by atoms with E-state index in [-0.39, 0.29) is 6.04 Å². The largest absolute Gasteiger partial charge is 0.492 e. The summed E-state index contributed by atoms with van der Waals surface area (Å²) < 4.78 is 5.42. The van der Waals surface area contributed by atoms with Crippen LogP contribution in [0.25, 0.3) is 0 Å². The monoisotopic (exact) mass is 165 g/mol. The molecule has 0 bridgehead atoms. The Labute approximate surface area is 73.3 Å². The third-order valence-electron chi connectivity index (χ3n) is 1.50. The van der Waals surface area contributed by atoms with Gasteiger partial charge in [-0.15, -0.1) is 0 Å². The number of hydrogen-bond donors (Lipinski definition) is 1. The minimum absolute atomic E-state index is 0.0884. The lowest BCUT2D eigenvalue weighted by Gasteiger charge is -2.08. The summed E-state index contributed by atoms with van der Waals surface area (Å²) in [5.41, 5.74) is 6.76. The Bertz CT molecular complexity index is 245. The molecule has 0 saturated heterocycles. The first-order chi connectivity index (χ1) is 5.68. The van der Waals surface area contributed by atoms with Crippen LogP contribution in [-0.2, 0) is 0 Å². The molecule has 0 fully saturated rings. The number of benzene rings is 1. The predicted molar refractivity (Wildman–Crippen MR) is 50.3 cm³/mol. The molecule has 0 aliphatic carbocycles. The van der Waals surface area contributed by atoms with Gasteiger partial charge in [-0.25, -0.2) is 0 Å². The molecule has 0 aliphatic rings. The minimum Gasteiger partial charge on any atom is -0.492 e. The van der Waals surface area contributed by atoms with E-state index in [4.69, 9.17) is 10.5 Å². The molecule has 66 valence electrons. The van der Waals surface area contributed by atoms with Gasteiger partial charge in [-0.2, -0.15) is 0 Å². The zero-order valence-electron chi connectivity index (χ0n) is 7.58. The van der Waals surface area contributed by atoms with Gasteiger partial charge >= 0.3 is 0 Å². The second kappa shape index (κ2) is 4.12. The normalized spacial score (nSPS) is 12.6. The number of rotatable bonds is 3. The third kappa shape index (κ3) is 2.93. The van der Waals surface area contributed by atoms with Crippen molar-refractivity contribution in [2.24, 2.45) is 5.73 Å². The van der Waals surface area contributed by atoms with E-state index < -0.39 is 0 Å². The Morgan fingerprint density at radius 1 is 1.50 bits per heavy atom. The molecule has 0 radical (unpaired) electrons. The van der Waals surface area contributed by atoms with E-state index in [0.717, 1.165) is 5.75 Å². The van der Waals surface area contributed by atoms with Crippen LogP contribution < -0.4 is 10.5 Å². The fourth-order valence-corrected chi connectivity index (χ4v) is 0.933. The number of hydrogen-bond acceptors (Lipinski definition) is 2. The molecule has 0 heterocycles. The van der Waals surface area contributed by atoms with Gasteiger partial charge in [-0.1, -0.05) is 12.1 Å². The number of nitrogens with two attached hydrogens (primary N) is 1. The van der Waals surface area contributed by atoms with Crippen LogP contribution >= 0.6 is 0 Å². The van der Waals surface area contributed by atoms with Gasteiger partial charge in [0.2, 0.25) is 0 Å². The van der Waals surface area contributed by atoms with E-state index in [1.165, 1.54) is 5.56 Å². The van der Waals surface area contributed by atoms with Crippen molar-refractivity contribution in [3.8, 4) is 5.75 Å². The average molecular weight is 165 g/mol. The third-order valence-corrected chi connectivity index (χ3v) is 1.50. The van der Waals surface area contributed by atoms with Crippen LogP contribution in [0.1, 0.15) is 12.5 Å². The first-order valence-electron chi connectivity index (χ1n) is 4.13. The van der Waals surface area contributed by atoms with Gasteiger partial charge in [0.05, 0.1) is 0 Å². The Morgan fingerprint density at radius 3 is 2.83 bits per heavy atom. The van der Waals surface area contributed by atoms with Gasteiger partial charge in [0.1, 0.15) is 12.4 Å². The summed E-state index contributed by atoms with van der Waals surface area (Å²) in [7, 11) is 0. The molecular formula is C10H15NO. The summed E-state index contributed by atoms with van der Waals surface area (Å²) in [6.45, 7) is 4.54. The van der Waals surface area contributed by atoms with Crippen LogP contribution in [0.4, 0.5) is 0 Å². The van der Waals surface area contributed by atoms with Crippen LogP contribution in [0.2, 0.25) is 0 Å². The Hall–Kier alpha value is -1.02. The minimum atomic E-state index is 0.0884. The Kier molecular flexibility index (Phi) is 3.11. The number of ether oxygens (including phenoxy) is 1. The summed E-state index contributed by atoms with van der Waals surface area (Å²) in [4.78, 5) is 0. The van der Waals surface area contributed by atoms with Crippen molar-refractivity contribution in [1.29, 1.82) is 0 Å². The van der Waals surface area contributed by atoms with Gasteiger partial charge in [-0.05, 0) is 31.5 Å². The summed E-state index contributed by atoms with van der Waals surface area (Å²) in [6.07, 6.45) is 0. The van der Waals surface area contributed by atoms with Crippen LogP contribution in [0.3, 0.4) is 0 Å². The van der Waals surface area contributed by atoms with Crippen molar-refractivity contribution in [2.75, 3.05) is 6.61 Å². The van der Waals surface area contributed by atoms with Crippen molar-refractivity contribution in [2.45, 2.75) is 19.9 Å². The molecule has 1 atom stereocenters. The fraction of sp³-hybridized carbons (Fsp3) is 0.400. The topological polar surface area (TPSA) is 35.2 Å². The maximum atomic E-state index is 5.55. The molecule has 0 spiro atoms. The summed E-state index contributed by atoms with van der Waals surface area (Å²) in [5, 5.41) is 0. The first kappa shape index (κ1) is 9.07. The van der Waals surface area contributed by atoms with Crippen molar-refractivity contribution < 1.29 is 4.74 Å². The maximum Gasteiger partial charge on any atom is 0.119 e. The molecule has 2 nitrogen and oxygen atoms in total. The molecule has 2 heteroatoms. The van der Waals surface area contributed by atoms with E-state index in [1.54, 1.807) is 0 Å². The van der Waals surface area contributed by atoms with Gasteiger partial charge in [0.25, 0.3) is 0 Å².